The standard InChI is InChI=1S/C9H19N.C8H10.C7H17N3.C2H6.CH4O/c1-4-10-8(2)6-5-7-9(10)3;1-7-3-5-8(2)6-4-7;1-5-9-7(2,3)6-10-8-4;2*1-2/h8-9H,4-7H2,1-3H3;3-6H,1-2H3;5,8-10H,1,6H2,2-4H3;1-2H3;2H,1H3. The van der Waals surface area contributed by atoms with Gasteiger partial charge in [-0.15, -0.1) is 0 Å². The lowest BCUT2D eigenvalue weighted by molar-refractivity contribution is 0.111. The maximum absolute atomic E-state index is 7.00. The fourth-order valence-electron chi connectivity index (χ4n) is 3.37. The van der Waals surface area contributed by atoms with E-state index in [1.807, 2.05) is 20.9 Å². The van der Waals surface area contributed by atoms with Crippen molar-refractivity contribution in [3.05, 3.63) is 48.2 Å². The van der Waals surface area contributed by atoms with Gasteiger partial charge in [-0.3, -0.25) is 15.8 Å². The molecule has 1 aromatic rings. The van der Waals surface area contributed by atoms with E-state index in [0.29, 0.717) is 0 Å². The molecule has 32 heavy (non-hydrogen) atoms. The molecule has 2 rings (SSSR count). The molecule has 1 saturated heterocycles. The summed E-state index contributed by atoms with van der Waals surface area (Å²) >= 11 is 0. The van der Waals surface area contributed by atoms with Gasteiger partial charge < -0.3 is 10.4 Å². The average Bonchev–Trinajstić information content (AvgIpc) is 2.78. The number of nitrogens with one attached hydrogen (secondary N) is 3. The van der Waals surface area contributed by atoms with Crippen molar-refractivity contribution < 1.29 is 5.11 Å². The molecule has 0 spiro atoms. The van der Waals surface area contributed by atoms with Gasteiger partial charge in [-0.2, -0.15) is 0 Å². The Morgan fingerprint density at radius 1 is 1.03 bits per heavy atom. The van der Waals surface area contributed by atoms with Gasteiger partial charge in [-0.1, -0.05) is 69.2 Å². The largest absolute Gasteiger partial charge is 0.400 e. The molecule has 5 heteroatoms. The number of piperidine rings is 1. The van der Waals surface area contributed by atoms with Gasteiger partial charge in [0, 0.05) is 31.3 Å². The van der Waals surface area contributed by atoms with Crippen LogP contribution in [0, 0.1) is 13.8 Å². The third-order valence-electron chi connectivity index (χ3n) is 5.16. The molecule has 0 amide bonds. The van der Waals surface area contributed by atoms with Gasteiger partial charge >= 0.3 is 0 Å². The highest BCUT2D eigenvalue weighted by atomic mass is 16.2. The van der Waals surface area contributed by atoms with Crippen molar-refractivity contribution in [2.75, 3.05) is 27.2 Å². The summed E-state index contributed by atoms with van der Waals surface area (Å²) in [6.07, 6.45) is 5.94. The second-order valence-electron chi connectivity index (χ2n) is 8.45. The van der Waals surface area contributed by atoms with Crippen molar-refractivity contribution in [3.63, 3.8) is 0 Å². The van der Waals surface area contributed by atoms with E-state index in [1.54, 1.807) is 6.20 Å². The molecule has 190 valence electrons. The second-order valence-corrected chi connectivity index (χ2v) is 8.45. The van der Waals surface area contributed by atoms with Crippen molar-refractivity contribution in [3.8, 4) is 0 Å². The van der Waals surface area contributed by atoms with Crippen LogP contribution < -0.4 is 16.2 Å². The maximum atomic E-state index is 7.00. The molecule has 0 saturated carbocycles. The van der Waals surface area contributed by atoms with Gasteiger partial charge in [0.25, 0.3) is 0 Å². The zero-order valence-electron chi connectivity index (χ0n) is 23.2. The third kappa shape index (κ3) is 19.3. The van der Waals surface area contributed by atoms with Crippen LogP contribution in [-0.2, 0) is 0 Å². The summed E-state index contributed by atoms with van der Waals surface area (Å²) in [5.41, 5.74) is 8.59. The number of aliphatic hydroxyl groups is 1. The molecule has 1 fully saturated rings. The monoisotopic (exact) mass is 452 g/mol. The number of aliphatic hydroxyl groups excluding tert-OH is 1. The van der Waals surface area contributed by atoms with Gasteiger partial charge in [0.1, 0.15) is 0 Å². The van der Waals surface area contributed by atoms with Crippen LogP contribution in [0.4, 0.5) is 0 Å². The van der Waals surface area contributed by atoms with Gasteiger partial charge in [-0.05, 0) is 74.2 Å². The first-order valence-electron chi connectivity index (χ1n) is 12.2. The number of aryl methyl sites for hydroxylation is 2. The van der Waals surface area contributed by atoms with E-state index >= 15 is 0 Å². The van der Waals surface area contributed by atoms with Crippen LogP contribution in [0.5, 0.6) is 0 Å². The van der Waals surface area contributed by atoms with E-state index in [1.165, 1.54) is 36.9 Å². The van der Waals surface area contributed by atoms with Crippen LogP contribution in [0.1, 0.15) is 78.9 Å². The fraction of sp³-hybridized carbons (Fsp3) is 0.704. The fourth-order valence-corrected chi connectivity index (χ4v) is 3.37. The molecular weight excluding hydrogens is 396 g/mol. The smallest absolute Gasteiger partial charge is 0.0450 e. The van der Waals surface area contributed by atoms with Gasteiger partial charge in [0.2, 0.25) is 0 Å². The van der Waals surface area contributed by atoms with Crippen molar-refractivity contribution in [2.45, 2.75) is 99.2 Å². The molecule has 2 atom stereocenters. The van der Waals surface area contributed by atoms with E-state index in [9.17, 15) is 0 Å². The maximum Gasteiger partial charge on any atom is 0.0450 e. The van der Waals surface area contributed by atoms with Crippen molar-refractivity contribution in [1.29, 1.82) is 0 Å². The van der Waals surface area contributed by atoms with Crippen LogP contribution >= 0.6 is 0 Å². The number of benzene rings is 1. The zero-order valence-corrected chi connectivity index (χ0v) is 23.2. The predicted molar refractivity (Wildman–Crippen MR) is 145 cm³/mol. The second kappa shape index (κ2) is 22.8. The van der Waals surface area contributed by atoms with E-state index < -0.39 is 0 Å². The average molecular weight is 453 g/mol. The Labute approximate surface area is 201 Å². The summed E-state index contributed by atoms with van der Waals surface area (Å²) < 4.78 is 0. The summed E-state index contributed by atoms with van der Waals surface area (Å²) in [7, 11) is 2.85. The lowest BCUT2D eigenvalue weighted by atomic mass is 9.98. The van der Waals surface area contributed by atoms with Gasteiger partial charge in [0.15, 0.2) is 0 Å². The van der Waals surface area contributed by atoms with Gasteiger partial charge in [-0.25, -0.2) is 0 Å². The highest BCUT2D eigenvalue weighted by molar-refractivity contribution is 5.19. The van der Waals surface area contributed by atoms with E-state index in [4.69, 9.17) is 5.11 Å². The molecule has 0 aromatic heterocycles. The van der Waals surface area contributed by atoms with Crippen LogP contribution in [-0.4, -0.2) is 54.9 Å². The molecule has 0 bridgehead atoms. The van der Waals surface area contributed by atoms with Crippen molar-refractivity contribution >= 4 is 0 Å². The molecule has 1 aliphatic heterocycles. The lowest BCUT2D eigenvalue weighted by Gasteiger charge is -2.38. The zero-order chi connectivity index (χ0) is 25.6. The minimum atomic E-state index is 0.0603. The van der Waals surface area contributed by atoms with E-state index in [2.05, 4.69) is 100 Å². The number of hydrogen-bond donors (Lipinski definition) is 4. The Bertz CT molecular complexity index is 486. The van der Waals surface area contributed by atoms with Crippen LogP contribution in [0.15, 0.2) is 37.0 Å². The van der Waals surface area contributed by atoms with Crippen LogP contribution in [0.2, 0.25) is 0 Å². The first-order chi connectivity index (χ1) is 15.2. The number of hydrogen-bond acceptors (Lipinski definition) is 5. The number of hydrazine groups is 1. The molecule has 1 aliphatic rings. The summed E-state index contributed by atoms with van der Waals surface area (Å²) in [5, 5.41) is 10.1. The normalized spacial score (nSPS) is 17.5. The SMILES string of the molecule is C=CNC(C)(C)CNNC.CC.CCN1C(C)CCCC1C.CO.Cc1ccc(C)cc1. The van der Waals surface area contributed by atoms with Crippen molar-refractivity contribution in [1.82, 2.24) is 21.1 Å². The minimum Gasteiger partial charge on any atom is -0.400 e. The van der Waals surface area contributed by atoms with Crippen LogP contribution in [0.3, 0.4) is 0 Å². The lowest BCUT2D eigenvalue weighted by Crippen LogP contribution is -2.48. The first-order valence-corrected chi connectivity index (χ1v) is 12.2. The highest BCUT2D eigenvalue weighted by Crippen LogP contribution is 2.21. The highest BCUT2D eigenvalue weighted by Gasteiger charge is 2.22. The van der Waals surface area contributed by atoms with Crippen LogP contribution in [0.25, 0.3) is 0 Å². The molecule has 0 aliphatic carbocycles. The Morgan fingerprint density at radius 2 is 1.44 bits per heavy atom. The Balaban J connectivity index is -0.000000366. The molecule has 0 radical (unpaired) electrons. The Kier molecular flexibility index (Phi) is 25.1. The Morgan fingerprint density at radius 3 is 1.72 bits per heavy atom. The predicted octanol–water partition coefficient (Wildman–Crippen LogP) is 5.43. The first kappa shape index (κ1) is 35.2. The van der Waals surface area contributed by atoms with E-state index in [0.717, 1.165) is 25.7 Å². The summed E-state index contributed by atoms with van der Waals surface area (Å²) in [6, 6.07) is 10.1. The molecular formula is C27H56N4O. The Hall–Kier alpha value is -1.40. The van der Waals surface area contributed by atoms with Crippen molar-refractivity contribution in [2.24, 2.45) is 0 Å². The molecule has 2 unspecified atom stereocenters. The number of likely N-dealkylation sites (tertiary alicyclic amines) is 1. The molecule has 4 N–H and O–H groups in total. The summed E-state index contributed by atoms with van der Waals surface area (Å²) in [6.45, 7) is 25.0. The molecule has 5 nitrogen and oxygen atoms in total. The topological polar surface area (TPSA) is 59.6 Å². The quantitative estimate of drug-likeness (QED) is 0.434. The summed E-state index contributed by atoms with van der Waals surface area (Å²) in [4.78, 5) is 2.60. The molecule has 1 heterocycles. The van der Waals surface area contributed by atoms with Gasteiger partial charge in [0.05, 0.1) is 0 Å². The van der Waals surface area contributed by atoms with E-state index in [-0.39, 0.29) is 5.54 Å². The minimum absolute atomic E-state index is 0.0603. The number of rotatable bonds is 6. The summed E-state index contributed by atoms with van der Waals surface area (Å²) in [5.74, 6) is 0. The molecule has 1 aromatic carbocycles. The number of nitrogens with zero attached hydrogens (tertiary/aromatic N) is 1. The third-order valence-corrected chi connectivity index (χ3v) is 5.16.